The normalized spacial score (nSPS) is 29.6. The predicted octanol–water partition coefficient (Wildman–Crippen LogP) is 2.53. The maximum atomic E-state index is 12.6. The minimum atomic E-state index is -0.543. The molecule has 2 aromatic heterocycles. The number of H-pyrrole nitrogens is 1. The maximum absolute atomic E-state index is 12.6. The van der Waals surface area contributed by atoms with Gasteiger partial charge in [0.25, 0.3) is 5.91 Å². The number of aromatic nitrogens is 1. The number of likely N-dealkylation sites (tertiary alicyclic amines) is 1. The fourth-order valence-electron chi connectivity index (χ4n) is 3.89. The van der Waals surface area contributed by atoms with Crippen molar-refractivity contribution in [2.75, 3.05) is 13.1 Å². The van der Waals surface area contributed by atoms with E-state index in [2.05, 4.69) is 4.98 Å². The van der Waals surface area contributed by atoms with E-state index in [0.29, 0.717) is 30.8 Å². The lowest BCUT2D eigenvalue weighted by molar-refractivity contribution is -0.0886. The molecule has 21 heavy (non-hydrogen) atoms. The van der Waals surface area contributed by atoms with Gasteiger partial charge in [0.15, 0.2) is 5.58 Å². The molecule has 5 heteroatoms. The van der Waals surface area contributed by atoms with Gasteiger partial charge in [-0.2, -0.15) is 0 Å². The van der Waals surface area contributed by atoms with E-state index in [9.17, 15) is 9.90 Å². The van der Waals surface area contributed by atoms with Crippen LogP contribution in [0.1, 0.15) is 42.6 Å². The topological polar surface area (TPSA) is 69.5 Å². The highest BCUT2D eigenvalue weighted by Crippen LogP contribution is 2.40. The van der Waals surface area contributed by atoms with Gasteiger partial charge in [0.05, 0.1) is 17.4 Å². The van der Waals surface area contributed by atoms with Crippen molar-refractivity contribution in [2.45, 2.75) is 37.7 Å². The van der Waals surface area contributed by atoms with Crippen molar-refractivity contribution in [3.63, 3.8) is 0 Å². The molecule has 2 aliphatic rings. The monoisotopic (exact) mass is 288 g/mol. The molecule has 0 radical (unpaired) electrons. The van der Waals surface area contributed by atoms with Crippen LogP contribution < -0.4 is 0 Å². The molecule has 0 spiro atoms. The summed E-state index contributed by atoms with van der Waals surface area (Å²) in [7, 11) is 0. The summed E-state index contributed by atoms with van der Waals surface area (Å²) < 4.78 is 5.30. The zero-order chi connectivity index (χ0) is 14.4. The van der Waals surface area contributed by atoms with E-state index in [1.54, 1.807) is 12.3 Å². The van der Waals surface area contributed by atoms with Crippen molar-refractivity contribution in [2.24, 2.45) is 5.92 Å². The maximum Gasteiger partial charge on any atom is 0.270 e. The fraction of sp³-hybridized carbons (Fsp3) is 0.562. The first kappa shape index (κ1) is 13.0. The zero-order valence-corrected chi connectivity index (χ0v) is 12.0. The molecule has 1 aliphatic carbocycles. The van der Waals surface area contributed by atoms with Crippen LogP contribution in [0.3, 0.4) is 0 Å². The molecular formula is C16H20N2O3. The second-order valence-corrected chi connectivity index (χ2v) is 6.43. The van der Waals surface area contributed by atoms with E-state index in [1.807, 2.05) is 11.0 Å². The Morgan fingerprint density at radius 1 is 1.43 bits per heavy atom. The quantitative estimate of drug-likeness (QED) is 0.847. The molecule has 1 aliphatic heterocycles. The molecule has 2 atom stereocenters. The smallest absolute Gasteiger partial charge is 0.270 e. The van der Waals surface area contributed by atoms with E-state index in [1.165, 1.54) is 0 Å². The SMILES string of the molecule is O=C(c1cc2occc2[nH]1)N1CCC2(O)CCCCC2C1. The second-order valence-electron chi connectivity index (χ2n) is 6.43. The molecule has 4 rings (SSSR count). The average molecular weight is 288 g/mol. The Kier molecular flexibility index (Phi) is 2.85. The molecule has 1 amide bonds. The Hall–Kier alpha value is -1.75. The lowest BCUT2D eigenvalue weighted by Crippen LogP contribution is -2.54. The molecule has 1 saturated heterocycles. The standard InChI is InChI=1S/C16H20N2O3/c19-15(13-9-14-12(17-13)4-8-21-14)18-7-6-16(20)5-2-1-3-11(16)10-18/h4,8-9,11,17,20H,1-3,5-7,10H2. The van der Waals surface area contributed by atoms with Crippen LogP contribution in [-0.4, -0.2) is 39.6 Å². The van der Waals surface area contributed by atoms with Gasteiger partial charge in [-0.05, 0) is 19.3 Å². The minimum absolute atomic E-state index is 0.00836. The van der Waals surface area contributed by atoms with Crippen LogP contribution in [0.15, 0.2) is 22.8 Å². The van der Waals surface area contributed by atoms with Crippen molar-refractivity contribution in [1.82, 2.24) is 9.88 Å². The van der Waals surface area contributed by atoms with Gasteiger partial charge >= 0.3 is 0 Å². The Bertz CT molecular complexity index is 645. The molecule has 2 fully saturated rings. The number of carbonyl (C=O) groups is 1. The van der Waals surface area contributed by atoms with Crippen LogP contribution >= 0.6 is 0 Å². The van der Waals surface area contributed by atoms with Gasteiger partial charge in [-0.3, -0.25) is 4.79 Å². The third-order valence-corrected chi connectivity index (χ3v) is 5.19. The summed E-state index contributed by atoms with van der Waals surface area (Å²) in [4.78, 5) is 17.6. The number of carbonyl (C=O) groups excluding carboxylic acids is 1. The van der Waals surface area contributed by atoms with Crippen LogP contribution in [-0.2, 0) is 0 Å². The van der Waals surface area contributed by atoms with Crippen LogP contribution in [0.4, 0.5) is 0 Å². The number of nitrogens with zero attached hydrogens (tertiary/aromatic N) is 1. The zero-order valence-electron chi connectivity index (χ0n) is 12.0. The largest absolute Gasteiger partial charge is 0.463 e. The number of hydrogen-bond acceptors (Lipinski definition) is 3. The summed E-state index contributed by atoms with van der Waals surface area (Å²) in [6.45, 7) is 1.29. The van der Waals surface area contributed by atoms with Crippen LogP contribution in [0, 0.1) is 5.92 Å². The van der Waals surface area contributed by atoms with Crippen molar-refractivity contribution < 1.29 is 14.3 Å². The summed E-state index contributed by atoms with van der Waals surface area (Å²) in [5, 5.41) is 10.7. The number of nitrogens with one attached hydrogen (secondary N) is 1. The molecule has 2 N–H and O–H groups in total. The molecule has 0 aromatic carbocycles. The first-order valence-corrected chi connectivity index (χ1v) is 7.74. The highest BCUT2D eigenvalue weighted by atomic mass is 16.3. The number of aromatic amines is 1. The number of rotatable bonds is 1. The number of hydrogen-bond donors (Lipinski definition) is 2. The number of amides is 1. The highest BCUT2D eigenvalue weighted by Gasteiger charge is 2.43. The predicted molar refractivity (Wildman–Crippen MR) is 78.0 cm³/mol. The summed E-state index contributed by atoms with van der Waals surface area (Å²) in [5.74, 6) is 0.232. The molecule has 3 heterocycles. The fourth-order valence-corrected chi connectivity index (χ4v) is 3.89. The molecule has 0 bridgehead atoms. The van der Waals surface area contributed by atoms with Gasteiger partial charge in [-0.1, -0.05) is 12.8 Å². The highest BCUT2D eigenvalue weighted by molar-refractivity contribution is 5.96. The second kappa shape index (κ2) is 4.63. The van der Waals surface area contributed by atoms with Crippen molar-refractivity contribution in [3.8, 4) is 0 Å². The van der Waals surface area contributed by atoms with Gasteiger partial charge in [0.2, 0.25) is 0 Å². The van der Waals surface area contributed by atoms with Gasteiger partial charge in [-0.15, -0.1) is 0 Å². The first-order chi connectivity index (χ1) is 10.2. The Morgan fingerprint density at radius 3 is 3.19 bits per heavy atom. The van der Waals surface area contributed by atoms with Crippen molar-refractivity contribution in [3.05, 3.63) is 24.1 Å². The van der Waals surface area contributed by atoms with Gasteiger partial charge < -0.3 is 19.4 Å². The Labute approximate surface area is 122 Å². The van der Waals surface area contributed by atoms with Gasteiger partial charge in [0, 0.05) is 31.1 Å². The van der Waals surface area contributed by atoms with Gasteiger partial charge in [-0.25, -0.2) is 0 Å². The number of aliphatic hydroxyl groups is 1. The molecule has 2 aromatic rings. The van der Waals surface area contributed by atoms with Crippen LogP contribution in [0.2, 0.25) is 0 Å². The van der Waals surface area contributed by atoms with Gasteiger partial charge in [0.1, 0.15) is 5.69 Å². The van der Waals surface area contributed by atoms with Crippen LogP contribution in [0.25, 0.3) is 11.1 Å². The summed E-state index contributed by atoms with van der Waals surface area (Å²) in [5.41, 5.74) is 1.60. The lowest BCUT2D eigenvalue weighted by atomic mass is 9.71. The number of piperidine rings is 1. The Balaban J connectivity index is 1.54. The summed E-state index contributed by atoms with van der Waals surface area (Å²) >= 11 is 0. The summed E-state index contributed by atoms with van der Waals surface area (Å²) in [6.07, 6.45) is 6.47. The molecular weight excluding hydrogens is 268 g/mol. The minimum Gasteiger partial charge on any atom is -0.463 e. The number of furan rings is 1. The Morgan fingerprint density at radius 2 is 2.33 bits per heavy atom. The molecule has 1 saturated carbocycles. The van der Waals surface area contributed by atoms with E-state index < -0.39 is 5.60 Å². The summed E-state index contributed by atoms with van der Waals surface area (Å²) in [6, 6.07) is 3.58. The van der Waals surface area contributed by atoms with E-state index >= 15 is 0 Å². The van der Waals surface area contributed by atoms with E-state index in [-0.39, 0.29) is 11.8 Å². The molecule has 112 valence electrons. The number of fused-ring (bicyclic) bond motifs is 2. The van der Waals surface area contributed by atoms with E-state index in [4.69, 9.17) is 4.42 Å². The average Bonchev–Trinajstić information content (AvgIpc) is 3.06. The first-order valence-electron chi connectivity index (χ1n) is 7.74. The van der Waals surface area contributed by atoms with Crippen molar-refractivity contribution >= 4 is 17.0 Å². The molecule has 2 unspecified atom stereocenters. The van der Waals surface area contributed by atoms with Crippen LogP contribution in [0.5, 0.6) is 0 Å². The molecule has 5 nitrogen and oxygen atoms in total. The van der Waals surface area contributed by atoms with Crippen molar-refractivity contribution in [1.29, 1.82) is 0 Å². The third kappa shape index (κ3) is 2.07. The third-order valence-electron chi connectivity index (χ3n) is 5.19. The lowest BCUT2D eigenvalue weighted by Gasteiger charge is -2.47. The van der Waals surface area contributed by atoms with E-state index in [0.717, 1.165) is 31.2 Å².